The molecule has 98 valence electrons. The monoisotopic (exact) mass is 248 g/mol. The van der Waals surface area contributed by atoms with E-state index in [0.717, 1.165) is 6.42 Å². The number of rotatable bonds is 2. The molecule has 0 saturated heterocycles. The molecule has 0 aliphatic heterocycles. The van der Waals surface area contributed by atoms with E-state index in [2.05, 4.69) is 11.9 Å². The van der Waals surface area contributed by atoms with Crippen LogP contribution in [0.15, 0.2) is 23.1 Å². The Morgan fingerprint density at radius 3 is 2.67 bits per heavy atom. The van der Waals surface area contributed by atoms with E-state index >= 15 is 0 Å². The number of carbonyl (C=O) groups is 1. The van der Waals surface area contributed by atoms with Gasteiger partial charge in [0.1, 0.15) is 0 Å². The summed E-state index contributed by atoms with van der Waals surface area (Å²) < 4.78 is 0. The number of hydrogen-bond donors (Lipinski definition) is 1. The van der Waals surface area contributed by atoms with Crippen molar-refractivity contribution in [3.63, 3.8) is 0 Å². The molecule has 4 nitrogen and oxygen atoms in total. The van der Waals surface area contributed by atoms with E-state index in [4.69, 9.17) is 0 Å². The van der Waals surface area contributed by atoms with E-state index in [-0.39, 0.29) is 11.5 Å². The lowest BCUT2D eigenvalue weighted by molar-refractivity contribution is 0.0628. The number of nitrogens with zero attached hydrogens (tertiary/aromatic N) is 1. The summed E-state index contributed by atoms with van der Waals surface area (Å²) in [5.41, 5.74) is 0.370. The lowest BCUT2D eigenvalue weighted by Crippen LogP contribution is -2.42. The van der Waals surface area contributed by atoms with Crippen LogP contribution in [0.2, 0.25) is 0 Å². The van der Waals surface area contributed by atoms with Crippen molar-refractivity contribution >= 4 is 5.91 Å². The van der Waals surface area contributed by atoms with Crippen molar-refractivity contribution in [3.8, 4) is 0 Å². The molecule has 2 atom stereocenters. The Morgan fingerprint density at radius 1 is 1.33 bits per heavy atom. The highest BCUT2D eigenvalue weighted by Crippen LogP contribution is 2.28. The van der Waals surface area contributed by atoms with E-state index in [1.165, 1.54) is 31.5 Å². The molecular formula is C14H20N2O2. The molecule has 4 heteroatoms. The van der Waals surface area contributed by atoms with Crippen LogP contribution in [0.1, 0.15) is 43.0 Å². The molecule has 1 amide bonds. The quantitative estimate of drug-likeness (QED) is 0.870. The fraction of sp³-hybridized carbons (Fsp3) is 0.571. The topological polar surface area (TPSA) is 53.2 Å². The maximum atomic E-state index is 12.3. The van der Waals surface area contributed by atoms with E-state index in [0.29, 0.717) is 17.5 Å². The van der Waals surface area contributed by atoms with Gasteiger partial charge in [0.2, 0.25) is 5.56 Å². The van der Waals surface area contributed by atoms with Crippen molar-refractivity contribution in [2.45, 2.75) is 38.6 Å². The van der Waals surface area contributed by atoms with Crippen molar-refractivity contribution in [1.82, 2.24) is 9.88 Å². The molecule has 1 aromatic rings. The van der Waals surface area contributed by atoms with Crippen molar-refractivity contribution in [3.05, 3.63) is 34.2 Å². The van der Waals surface area contributed by atoms with Gasteiger partial charge in [0.05, 0.1) is 5.56 Å². The molecule has 1 fully saturated rings. The SMILES string of the molecule is CC1CCCCC1N(C)C(=O)c1ccc(=O)[nH]c1. The average Bonchev–Trinajstić information content (AvgIpc) is 2.38. The molecule has 1 heterocycles. The van der Waals surface area contributed by atoms with Crippen LogP contribution in [0.25, 0.3) is 0 Å². The van der Waals surface area contributed by atoms with Gasteiger partial charge in [0, 0.05) is 25.4 Å². The van der Waals surface area contributed by atoms with E-state index < -0.39 is 0 Å². The Kier molecular flexibility index (Phi) is 3.84. The zero-order valence-corrected chi connectivity index (χ0v) is 11.0. The second-order valence-corrected chi connectivity index (χ2v) is 5.19. The van der Waals surface area contributed by atoms with Crippen LogP contribution in [-0.4, -0.2) is 28.9 Å². The van der Waals surface area contributed by atoms with Crippen LogP contribution in [-0.2, 0) is 0 Å². The maximum Gasteiger partial charge on any atom is 0.255 e. The number of aromatic nitrogens is 1. The fourth-order valence-electron chi connectivity index (χ4n) is 2.77. The minimum Gasteiger partial charge on any atom is -0.338 e. The fourth-order valence-corrected chi connectivity index (χ4v) is 2.77. The van der Waals surface area contributed by atoms with Crippen LogP contribution in [0, 0.1) is 5.92 Å². The lowest BCUT2D eigenvalue weighted by atomic mass is 9.85. The van der Waals surface area contributed by atoms with Gasteiger partial charge in [-0.2, -0.15) is 0 Å². The zero-order chi connectivity index (χ0) is 13.1. The van der Waals surface area contributed by atoms with Gasteiger partial charge in [0.25, 0.3) is 5.91 Å². The molecule has 1 aliphatic carbocycles. The molecule has 0 radical (unpaired) electrons. The Bertz CT molecular complexity index is 460. The smallest absolute Gasteiger partial charge is 0.255 e. The van der Waals surface area contributed by atoms with Crippen molar-refractivity contribution in [1.29, 1.82) is 0 Å². The summed E-state index contributed by atoms with van der Waals surface area (Å²) >= 11 is 0. The first-order valence-corrected chi connectivity index (χ1v) is 6.55. The largest absolute Gasteiger partial charge is 0.338 e. The van der Waals surface area contributed by atoms with Crippen LogP contribution >= 0.6 is 0 Å². The number of carbonyl (C=O) groups excluding carboxylic acids is 1. The van der Waals surface area contributed by atoms with Crippen molar-refractivity contribution < 1.29 is 4.79 Å². The lowest BCUT2D eigenvalue weighted by Gasteiger charge is -2.36. The molecule has 1 aliphatic rings. The molecule has 0 bridgehead atoms. The molecule has 1 aromatic heterocycles. The van der Waals surface area contributed by atoms with Crippen LogP contribution in [0.3, 0.4) is 0 Å². The molecule has 1 saturated carbocycles. The van der Waals surface area contributed by atoms with Gasteiger partial charge >= 0.3 is 0 Å². The third-order valence-corrected chi connectivity index (χ3v) is 3.92. The number of amides is 1. The summed E-state index contributed by atoms with van der Waals surface area (Å²) in [5, 5.41) is 0. The minimum atomic E-state index is -0.180. The van der Waals surface area contributed by atoms with E-state index in [9.17, 15) is 9.59 Å². The molecule has 0 spiro atoms. The summed E-state index contributed by atoms with van der Waals surface area (Å²) in [5.74, 6) is 0.542. The second kappa shape index (κ2) is 5.38. The van der Waals surface area contributed by atoms with Gasteiger partial charge in [-0.25, -0.2) is 0 Å². The highest BCUT2D eigenvalue weighted by Gasteiger charge is 2.28. The van der Waals surface area contributed by atoms with Gasteiger partial charge in [-0.3, -0.25) is 9.59 Å². The third-order valence-electron chi connectivity index (χ3n) is 3.92. The Balaban J connectivity index is 2.12. The van der Waals surface area contributed by atoms with E-state index in [1.807, 2.05) is 11.9 Å². The summed E-state index contributed by atoms with van der Waals surface area (Å²) in [4.78, 5) is 27.7. The average molecular weight is 248 g/mol. The maximum absolute atomic E-state index is 12.3. The standard InChI is InChI=1S/C14H20N2O2/c1-10-5-3-4-6-12(10)16(2)14(18)11-7-8-13(17)15-9-11/h7-10,12H,3-6H2,1-2H3,(H,15,17). The highest BCUT2D eigenvalue weighted by atomic mass is 16.2. The van der Waals surface area contributed by atoms with Gasteiger partial charge in [-0.1, -0.05) is 19.8 Å². The number of H-pyrrole nitrogens is 1. The van der Waals surface area contributed by atoms with Gasteiger partial charge < -0.3 is 9.88 Å². The van der Waals surface area contributed by atoms with Crippen molar-refractivity contribution in [2.75, 3.05) is 7.05 Å². The van der Waals surface area contributed by atoms with Gasteiger partial charge in [-0.05, 0) is 24.8 Å². The molecule has 2 rings (SSSR count). The first kappa shape index (κ1) is 12.9. The first-order chi connectivity index (χ1) is 8.59. The predicted octanol–water partition coefficient (Wildman–Crippen LogP) is 2.03. The highest BCUT2D eigenvalue weighted by molar-refractivity contribution is 5.93. The number of aromatic amines is 1. The zero-order valence-electron chi connectivity index (χ0n) is 11.0. The predicted molar refractivity (Wildman–Crippen MR) is 70.6 cm³/mol. The molecular weight excluding hydrogens is 228 g/mol. The minimum absolute atomic E-state index is 0.00926. The van der Waals surface area contributed by atoms with Gasteiger partial charge in [-0.15, -0.1) is 0 Å². The second-order valence-electron chi connectivity index (χ2n) is 5.19. The Hall–Kier alpha value is -1.58. The van der Waals surface area contributed by atoms with Crippen LogP contribution in [0.4, 0.5) is 0 Å². The summed E-state index contributed by atoms with van der Waals surface area (Å²) in [6, 6.07) is 3.30. The number of pyridine rings is 1. The first-order valence-electron chi connectivity index (χ1n) is 6.55. The molecule has 2 unspecified atom stereocenters. The Labute approximate surface area is 107 Å². The number of hydrogen-bond acceptors (Lipinski definition) is 2. The molecule has 18 heavy (non-hydrogen) atoms. The molecule has 0 aromatic carbocycles. The summed E-state index contributed by atoms with van der Waals surface area (Å²) in [6.07, 6.45) is 6.21. The van der Waals surface area contributed by atoms with E-state index in [1.54, 1.807) is 6.07 Å². The third kappa shape index (κ3) is 2.63. The van der Waals surface area contributed by atoms with Crippen LogP contribution < -0.4 is 5.56 Å². The summed E-state index contributed by atoms with van der Waals surface area (Å²) in [6.45, 7) is 2.21. The molecule has 1 N–H and O–H groups in total. The van der Waals surface area contributed by atoms with Gasteiger partial charge in [0.15, 0.2) is 0 Å². The Morgan fingerprint density at radius 2 is 2.06 bits per heavy atom. The summed E-state index contributed by atoms with van der Waals surface area (Å²) in [7, 11) is 1.86. The normalized spacial score (nSPS) is 23.7. The van der Waals surface area contributed by atoms with Crippen LogP contribution in [0.5, 0.6) is 0 Å². The van der Waals surface area contributed by atoms with Crippen molar-refractivity contribution in [2.24, 2.45) is 5.92 Å². The number of nitrogens with one attached hydrogen (secondary N) is 1.